The molecule has 2 aromatic rings. The van der Waals surface area contributed by atoms with E-state index in [1.54, 1.807) is 7.11 Å². The fourth-order valence-electron chi connectivity index (χ4n) is 3.42. The van der Waals surface area contributed by atoms with Gasteiger partial charge >= 0.3 is 0 Å². The highest BCUT2D eigenvalue weighted by atomic mass is 79.9. The number of nitrogens with one attached hydrogen (secondary N) is 1. The van der Waals surface area contributed by atoms with Gasteiger partial charge in [-0.15, -0.1) is 0 Å². The predicted octanol–water partition coefficient (Wildman–Crippen LogP) is 3.82. The van der Waals surface area contributed by atoms with Crippen molar-refractivity contribution in [3.63, 3.8) is 0 Å². The van der Waals surface area contributed by atoms with Crippen LogP contribution in [0.25, 0.3) is 0 Å². The van der Waals surface area contributed by atoms with E-state index in [4.69, 9.17) is 18.9 Å². The summed E-state index contributed by atoms with van der Waals surface area (Å²) in [6, 6.07) is 8.25. The van der Waals surface area contributed by atoms with Crippen molar-refractivity contribution in [1.29, 1.82) is 0 Å². The molecule has 25 heavy (non-hydrogen) atoms. The molecule has 0 spiro atoms. The monoisotopic (exact) mass is 405 g/mol. The number of ether oxygens (including phenoxy) is 4. The Bertz CT molecular complexity index is 808. The van der Waals surface area contributed by atoms with E-state index in [1.165, 1.54) is 11.1 Å². The minimum absolute atomic E-state index is 0.0530. The van der Waals surface area contributed by atoms with Gasteiger partial charge in [0.25, 0.3) is 0 Å². The molecule has 6 heteroatoms. The lowest BCUT2D eigenvalue weighted by Gasteiger charge is -2.29. The standard InChI is InChI=1S/C19H20BrNO4/c1-3-23-16-6-11-4-5-21-19(12(11)7-15(16)22-2)13-8-17-18(9-14(13)20)25-10-24-17/h6-9,19,21H,3-5,10H2,1-2H3/t19-/m0/s1. The summed E-state index contributed by atoms with van der Waals surface area (Å²) in [6.45, 7) is 3.76. The lowest BCUT2D eigenvalue weighted by atomic mass is 9.89. The number of hydrogen-bond donors (Lipinski definition) is 1. The van der Waals surface area contributed by atoms with Gasteiger partial charge in [-0.2, -0.15) is 0 Å². The first-order valence-corrected chi connectivity index (χ1v) is 9.16. The molecule has 2 aromatic carbocycles. The molecule has 2 aliphatic rings. The van der Waals surface area contributed by atoms with Crippen LogP contribution >= 0.6 is 15.9 Å². The third-order valence-electron chi connectivity index (χ3n) is 4.58. The maximum absolute atomic E-state index is 5.73. The Morgan fingerprint density at radius 2 is 1.92 bits per heavy atom. The number of rotatable bonds is 4. The molecular weight excluding hydrogens is 386 g/mol. The topological polar surface area (TPSA) is 49.0 Å². The molecule has 0 saturated heterocycles. The Hall–Kier alpha value is -1.92. The first-order chi connectivity index (χ1) is 12.2. The van der Waals surface area contributed by atoms with Crippen LogP contribution < -0.4 is 24.3 Å². The van der Waals surface area contributed by atoms with Gasteiger partial charge in [-0.05, 0) is 54.3 Å². The van der Waals surface area contributed by atoms with Crippen molar-refractivity contribution < 1.29 is 18.9 Å². The minimum Gasteiger partial charge on any atom is -0.493 e. The molecule has 0 bridgehead atoms. The number of halogens is 1. The third-order valence-corrected chi connectivity index (χ3v) is 5.27. The summed E-state index contributed by atoms with van der Waals surface area (Å²) in [7, 11) is 1.67. The van der Waals surface area contributed by atoms with Crippen molar-refractivity contribution in [3.8, 4) is 23.0 Å². The van der Waals surface area contributed by atoms with Gasteiger partial charge < -0.3 is 24.3 Å². The average Bonchev–Trinajstić information content (AvgIpc) is 3.07. The van der Waals surface area contributed by atoms with Gasteiger partial charge in [0.2, 0.25) is 6.79 Å². The summed E-state index contributed by atoms with van der Waals surface area (Å²) in [6.07, 6.45) is 0.956. The Morgan fingerprint density at radius 1 is 1.12 bits per heavy atom. The van der Waals surface area contributed by atoms with Gasteiger partial charge in [0.05, 0.1) is 19.8 Å². The molecule has 0 aliphatic carbocycles. The average molecular weight is 406 g/mol. The summed E-state index contributed by atoms with van der Waals surface area (Å²) >= 11 is 3.68. The number of hydrogen-bond acceptors (Lipinski definition) is 5. The van der Waals surface area contributed by atoms with Gasteiger partial charge in [0.1, 0.15) is 0 Å². The van der Waals surface area contributed by atoms with E-state index in [-0.39, 0.29) is 12.8 Å². The molecule has 132 valence electrons. The van der Waals surface area contributed by atoms with Gasteiger partial charge in [0.15, 0.2) is 23.0 Å². The molecule has 0 amide bonds. The summed E-state index contributed by atoms with van der Waals surface area (Å²) in [5.41, 5.74) is 3.60. The molecule has 0 saturated carbocycles. The van der Waals surface area contributed by atoms with E-state index in [0.717, 1.165) is 46.0 Å². The summed E-state index contributed by atoms with van der Waals surface area (Å²) < 4.78 is 23.3. The molecule has 2 aliphatic heterocycles. The van der Waals surface area contributed by atoms with Crippen LogP contribution in [-0.4, -0.2) is 27.1 Å². The Morgan fingerprint density at radius 3 is 2.68 bits per heavy atom. The maximum atomic E-state index is 5.73. The van der Waals surface area contributed by atoms with E-state index in [2.05, 4.69) is 33.4 Å². The van der Waals surface area contributed by atoms with E-state index < -0.39 is 0 Å². The van der Waals surface area contributed by atoms with Crippen LogP contribution in [0.3, 0.4) is 0 Å². The Labute approximate surface area is 155 Å². The molecule has 0 unspecified atom stereocenters. The number of benzene rings is 2. The molecule has 1 N–H and O–H groups in total. The van der Waals surface area contributed by atoms with Crippen LogP contribution in [0, 0.1) is 0 Å². The predicted molar refractivity (Wildman–Crippen MR) is 98.0 cm³/mol. The molecule has 5 nitrogen and oxygen atoms in total. The van der Waals surface area contributed by atoms with E-state index in [1.807, 2.05) is 19.1 Å². The maximum Gasteiger partial charge on any atom is 0.231 e. The van der Waals surface area contributed by atoms with E-state index >= 15 is 0 Å². The van der Waals surface area contributed by atoms with E-state index in [9.17, 15) is 0 Å². The molecule has 2 heterocycles. The largest absolute Gasteiger partial charge is 0.493 e. The van der Waals surface area contributed by atoms with Crippen molar-refractivity contribution in [2.75, 3.05) is 27.1 Å². The zero-order valence-electron chi connectivity index (χ0n) is 14.2. The molecular formula is C19H20BrNO4. The fourth-order valence-corrected chi connectivity index (χ4v) is 3.97. The fraction of sp³-hybridized carbons (Fsp3) is 0.368. The van der Waals surface area contributed by atoms with Crippen molar-refractivity contribution >= 4 is 15.9 Å². The molecule has 0 aromatic heterocycles. The molecule has 0 fully saturated rings. The summed E-state index contributed by atoms with van der Waals surface area (Å²) in [5.74, 6) is 3.11. The SMILES string of the molecule is CCOc1cc2c(cc1OC)[C@@H](c1cc3c(cc1Br)OCO3)NCC2. The van der Waals surface area contributed by atoms with Gasteiger partial charge in [0, 0.05) is 11.0 Å². The van der Waals surface area contributed by atoms with Gasteiger partial charge in [-0.1, -0.05) is 15.9 Å². The van der Waals surface area contributed by atoms with Crippen molar-refractivity contribution in [2.24, 2.45) is 0 Å². The lowest BCUT2D eigenvalue weighted by Crippen LogP contribution is -2.31. The highest BCUT2D eigenvalue weighted by Gasteiger charge is 2.27. The van der Waals surface area contributed by atoms with Crippen molar-refractivity contribution in [3.05, 3.63) is 45.4 Å². The zero-order chi connectivity index (χ0) is 17.4. The summed E-state index contributed by atoms with van der Waals surface area (Å²) in [5, 5.41) is 3.60. The normalized spacial score (nSPS) is 18.0. The highest BCUT2D eigenvalue weighted by molar-refractivity contribution is 9.10. The quantitative estimate of drug-likeness (QED) is 0.837. The van der Waals surface area contributed by atoms with Gasteiger partial charge in [-0.3, -0.25) is 0 Å². The lowest BCUT2D eigenvalue weighted by molar-refractivity contribution is 0.174. The second-order valence-electron chi connectivity index (χ2n) is 6.00. The second kappa shape index (κ2) is 6.77. The van der Waals surface area contributed by atoms with Crippen LogP contribution in [0.5, 0.6) is 23.0 Å². The first-order valence-electron chi connectivity index (χ1n) is 8.37. The van der Waals surface area contributed by atoms with E-state index in [0.29, 0.717) is 6.61 Å². The smallest absolute Gasteiger partial charge is 0.231 e. The number of fused-ring (bicyclic) bond motifs is 2. The molecule has 4 rings (SSSR count). The Balaban J connectivity index is 1.79. The van der Waals surface area contributed by atoms with Crippen LogP contribution in [0.15, 0.2) is 28.7 Å². The van der Waals surface area contributed by atoms with Crippen LogP contribution in [0.4, 0.5) is 0 Å². The van der Waals surface area contributed by atoms with Crippen molar-refractivity contribution in [2.45, 2.75) is 19.4 Å². The third kappa shape index (κ3) is 2.93. The molecule has 1 atom stereocenters. The van der Waals surface area contributed by atoms with Crippen LogP contribution in [0.2, 0.25) is 0 Å². The first kappa shape index (κ1) is 16.5. The zero-order valence-corrected chi connectivity index (χ0v) is 15.8. The Kier molecular flexibility index (Phi) is 4.48. The number of methoxy groups -OCH3 is 1. The van der Waals surface area contributed by atoms with Crippen LogP contribution in [0.1, 0.15) is 29.7 Å². The highest BCUT2D eigenvalue weighted by Crippen LogP contribution is 2.43. The van der Waals surface area contributed by atoms with Crippen molar-refractivity contribution in [1.82, 2.24) is 5.32 Å². The van der Waals surface area contributed by atoms with Gasteiger partial charge in [-0.25, -0.2) is 0 Å². The molecule has 0 radical (unpaired) electrons. The summed E-state index contributed by atoms with van der Waals surface area (Å²) in [4.78, 5) is 0. The minimum atomic E-state index is 0.0530. The van der Waals surface area contributed by atoms with Crippen LogP contribution in [-0.2, 0) is 6.42 Å². The second-order valence-corrected chi connectivity index (χ2v) is 6.85.